The summed E-state index contributed by atoms with van der Waals surface area (Å²) in [5.74, 6) is -0.838. The molecule has 0 saturated carbocycles. The molecule has 21 heavy (non-hydrogen) atoms. The summed E-state index contributed by atoms with van der Waals surface area (Å²) < 4.78 is 2.00. The number of imidazole rings is 1. The van der Waals surface area contributed by atoms with Crippen molar-refractivity contribution in [2.24, 2.45) is 0 Å². The van der Waals surface area contributed by atoms with Gasteiger partial charge in [-0.3, -0.25) is 4.79 Å². The highest BCUT2D eigenvalue weighted by Gasteiger charge is 2.14. The molecule has 0 saturated heterocycles. The number of carbonyl (C=O) groups is 1. The van der Waals surface area contributed by atoms with E-state index in [9.17, 15) is 4.79 Å². The van der Waals surface area contributed by atoms with E-state index in [2.05, 4.69) is 35.8 Å². The standard InChI is InChI=1S/C14H20N4O2S/c1-10(2)17(3)7-8-18-13-11(5-4-6-15-13)16-14(18)21-9-12(19)20/h4-6,10H,7-9H2,1-3H3,(H,19,20). The molecule has 0 aliphatic heterocycles. The van der Waals surface area contributed by atoms with E-state index in [1.54, 1.807) is 6.20 Å². The van der Waals surface area contributed by atoms with Gasteiger partial charge in [-0.05, 0) is 33.0 Å². The van der Waals surface area contributed by atoms with Gasteiger partial charge in [0, 0.05) is 25.3 Å². The molecule has 0 atom stereocenters. The Morgan fingerprint density at radius 2 is 2.29 bits per heavy atom. The lowest BCUT2D eigenvalue weighted by molar-refractivity contribution is -0.133. The van der Waals surface area contributed by atoms with Crippen molar-refractivity contribution in [2.45, 2.75) is 31.6 Å². The highest BCUT2D eigenvalue weighted by molar-refractivity contribution is 7.99. The van der Waals surface area contributed by atoms with Crippen molar-refractivity contribution in [1.82, 2.24) is 19.4 Å². The number of hydrogen-bond donors (Lipinski definition) is 1. The summed E-state index contributed by atoms with van der Waals surface area (Å²) in [7, 11) is 2.07. The van der Waals surface area contributed by atoms with Gasteiger partial charge in [0.15, 0.2) is 10.8 Å². The number of nitrogens with zero attached hydrogens (tertiary/aromatic N) is 4. The molecule has 7 heteroatoms. The normalized spacial score (nSPS) is 11.7. The second-order valence-corrected chi connectivity index (χ2v) is 6.09. The van der Waals surface area contributed by atoms with Gasteiger partial charge in [0.1, 0.15) is 5.52 Å². The molecule has 0 spiro atoms. The number of pyridine rings is 1. The maximum absolute atomic E-state index is 10.8. The first kappa shape index (κ1) is 15.8. The van der Waals surface area contributed by atoms with Crippen LogP contribution >= 0.6 is 11.8 Å². The lowest BCUT2D eigenvalue weighted by atomic mass is 10.3. The van der Waals surface area contributed by atoms with Gasteiger partial charge in [0.2, 0.25) is 0 Å². The predicted octanol–water partition coefficient (Wildman–Crippen LogP) is 1.95. The SMILES string of the molecule is CC(C)N(C)CCn1c(SCC(=O)O)nc2cccnc21. The van der Waals surface area contributed by atoms with E-state index < -0.39 is 5.97 Å². The first-order valence-corrected chi connectivity index (χ1v) is 7.83. The van der Waals surface area contributed by atoms with Crippen LogP contribution in [0.25, 0.3) is 11.2 Å². The van der Waals surface area contributed by atoms with Crippen molar-refractivity contribution >= 4 is 28.9 Å². The van der Waals surface area contributed by atoms with Crippen LogP contribution in [0.2, 0.25) is 0 Å². The van der Waals surface area contributed by atoms with Crippen LogP contribution in [0.1, 0.15) is 13.8 Å². The van der Waals surface area contributed by atoms with Crippen molar-refractivity contribution < 1.29 is 9.90 Å². The summed E-state index contributed by atoms with van der Waals surface area (Å²) in [4.78, 5) is 21.9. The van der Waals surface area contributed by atoms with Crippen molar-refractivity contribution in [3.05, 3.63) is 18.3 Å². The van der Waals surface area contributed by atoms with Gasteiger partial charge in [0.25, 0.3) is 0 Å². The number of likely N-dealkylation sites (N-methyl/N-ethyl adjacent to an activating group) is 1. The lowest BCUT2D eigenvalue weighted by Gasteiger charge is -2.21. The molecule has 0 aromatic carbocycles. The van der Waals surface area contributed by atoms with Gasteiger partial charge in [-0.15, -0.1) is 0 Å². The summed E-state index contributed by atoms with van der Waals surface area (Å²) in [5.41, 5.74) is 1.61. The quantitative estimate of drug-likeness (QED) is 0.788. The second kappa shape index (κ2) is 6.91. The highest BCUT2D eigenvalue weighted by Crippen LogP contribution is 2.22. The molecule has 2 aromatic heterocycles. The first-order valence-electron chi connectivity index (χ1n) is 6.85. The molecule has 1 N–H and O–H groups in total. The van der Waals surface area contributed by atoms with Crippen molar-refractivity contribution in [1.29, 1.82) is 0 Å². The monoisotopic (exact) mass is 308 g/mol. The summed E-state index contributed by atoms with van der Waals surface area (Å²) in [6.07, 6.45) is 1.73. The van der Waals surface area contributed by atoms with E-state index in [1.807, 2.05) is 16.7 Å². The summed E-state index contributed by atoms with van der Waals surface area (Å²) in [5, 5.41) is 9.56. The van der Waals surface area contributed by atoms with E-state index >= 15 is 0 Å². The molecule has 0 aliphatic rings. The zero-order valence-corrected chi connectivity index (χ0v) is 13.3. The van der Waals surface area contributed by atoms with Crippen LogP contribution in [-0.4, -0.2) is 55.9 Å². The molecule has 0 amide bonds. The predicted molar refractivity (Wildman–Crippen MR) is 83.7 cm³/mol. The van der Waals surface area contributed by atoms with Crippen LogP contribution in [-0.2, 0) is 11.3 Å². The number of carboxylic acid groups (broad SMARTS) is 1. The molecule has 114 valence electrons. The molecule has 0 bridgehead atoms. The highest BCUT2D eigenvalue weighted by atomic mass is 32.2. The number of aromatic nitrogens is 3. The van der Waals surface area contributed by atoms with E-state index in [0.29, 0.717) is 11.2 Å². The molecule has 0 radical (unpaired) electrons. The molecular formula is C14H20N4O2S. The Morgan fingerprint density at radius 1 is 1.52 bits per heavy atom. The fourth-order valence-corrected chi connectivity index (χ4v) is 2.64. The minimum absolute atomic E-state index is 0.00332. The van der Waals surface area contributed by atoms with Crippen molar-refractivity contribution in [3.8, 4) is 0 Å². The topological polar surface area (TPSA) is 71.2 Å². The van der Waals surface area contributed by atoms with Gasteiger partial charge in [-0.2, -0.15) is 0 Å². The maximum atomic E-state index is 10.8. The molecule has 0 unspecified atom stereocenters. The number of hydrogen-bond acceptors (Lipinski definition) is 5. The van der Waals surface area contributed by atoms with E-state index in [-0.39, 0.29) is 5.75 Å². The fourth-order valence-electron chi connectivity index (χ4n) is 1.89. The van der Waals surface area contributed by atoms with E-state index in [1.165, 1.54) is 11.8 Å². The summed E-state index contributed by atoms with van der Waals surface area (Å²) in [6.45, 7) is 5.89. The third-order valence-electron chi connectivity index (χ3n) is 3.35. The smallest absolute Gasteiger partial charge is 0.313 e. The van der Waals surface area contributed by atoms with Gasteiger partial charge in [-0.25, -0.2) is 9.97 Å². The average molecular weight is 308 g/mol. The number of fused-ring (bicyclic) bond motifs is 1. The third-order valence-corrected chi connectivity index (χ3v) is 4.31. The second-order valence-electron chi connectivity index (χ2n) is 5.15. The average Bonchev–Trinajstić information content (AvgIpc) is 2.80. The Balaban J connectivity index is 2.24. The Hall–Kier alpha value is -1.60. The Labute approximate surface area is 128 Å². The Kier molecular flexibility index (Phi) is 5.19. The zero-order chi connectivity index (χ0) is 15.4. The Morgan fingerprint density at radius 3 is 2.95 bits per heavy atom. The zero-order valence-electron chi connectivity index (χ0n) is 12.5. The van der Waals surface area contributed by atoms with Crippen LogP contribution in [0, 0.1) is 0 Å². The molecule has 0 aliphatic carbocycles. The molecule has 0 fully saturated rings. The van der Waals surface area contributed by atoms with Gasteiger partial charge in [0.05, 0.1) is 5.75 Å². The maximum Gasteiger partial charge on any atom is 0.313 e. The Bertz CT molecular complexity index is 626. The van der Waals surface area contributed by atoms with Crippen molar-refractivity contribution in [2.75, 3.05) is 19.3 Å². The van der Waals surface area contributed by atoms with Gasteiger partial charge >= 0.3 is 5.97 Å². The first-order chi connectivity index (χ1) is 9.99. The molecular weight excluding hydrogens is 288 g/mol. The van der Waals surface area contributed by atoms with Gasteiger partial charge in [-0.1, -0.05) is 11.8 Å². The lowest BCUT2D eigenvalue weighted by Crippen LogP contribution is -2.29. The number of rotatable bonds is 7. The molecule has 2 rings (SSSR count). The van der Waals surface area contributed by atoms with Crippen LogP contribution in [0.5, 0.6) is 0 Å². The summed E-state index contributed by atoms with van der Waals surface area (Å²) in [6, 6.07) is 4.20. The molecule has 2 heterocycles. The van der Waals surface area contributed by atoms with Gasteiger partial charge < -0.3 is 14.6 Å². The van der Waals surface area contributed by atoms with Crippen LogP contribution in [0.3, 0.4) is 0 Å². The van der Waals surface area contributed by atoms with E-state index in [0.717, 1.165) is 24.3 Å². The fraction of sp³-hybridized carbons (Fsp3) is 0.500. The third kappa shape index (κ3) is 3.95. The number of thioether (sulfide) groups is 1. The minimum atomic E-state index is -0.842. The molecule has 2 aromatic rings. The largest absolute Gasteiger partial charge is 0.481 e. The van der Waals surface area contributed by atoms with Crippen LogP contribution < -0.4 is 0 Å². The minimum Gasteiger partial charge on any atom is -0.481 e. The number of aliphatic carboxylic acids is 1. The van der Waals surface area contributed by atoms with Crippen molar-refractivity contribution in [3.63, 3.8) is 0 Å². The molecule has 6 nitrogen and oxygen atoms in total. The van der Waals surface area contributed by atoms with Crippen LogP contribution in [0.15, 0.2) is 23.5 Å². The van der Waals surface area contributed by atoms with E-state index in [4.69, 9.17) is 5.11 Å². The summed E-state index contributed by atoms with van der Waals surface area (Å²) >= 11 is 1.23. The van der Waals surface area contributed by atoms with Crippen LogP contribution in [0.4, 0.5) is 0 Å². The number of carboxylic acids is 1.